The number of anilines is 2. The highest BCUT2D eigenvalue weighted by Crippen LogP contribution is 2.21. The summed E-state index contributed by atoms with van der Waals surface area (Å²) in [6, 6.07) is 9.33. The SMILES string of the molecule is CCCCn1c(N)c(N(CCOC)Cc2ccccc2C#N)c(=O)[nH]c1=O. The van der Waals surface area contributed by atoms with Crippen molar-refractivity contribution in [3.05, 3.63) is 56.2 Å². The molecule has 0 saturated heterocycles. The lowest BCUT2D eigenvalue weighted by atomic mass is 10.1. The fraction of sp³-hybridized carbons (Fsp3) is 0.421. The Balaban J connectivity index is 2.51. The van der Waals surface area contributed by atoms with E-state index in [0.29, 0.717) is 31.8 Å². The summed E-state index contributed by atoms with van der Waals surface area (Å²) in [4.78, 5) is 28.8. The van der Waals surface area contributed by atoms with Gasteiger partial charge in [0.25, 0.3) is 5.56 Å². The number of aromatic nitrogens is 2. The Morgan fingerprint density at radius 3 is 2.74 bits per heavy atom. The average molecular weight is 371 g/mol. The molecule has 8 heteroatoms. The highest BCUT2D eigenvalue weighted by Gasteiger charge is 2.20. The van der Waals surface area contributed by atoms with Gasteiger partial charge < -0.3 is 15.4 Å². The third kappa shape index (κ3) is 4.77. The fourth-order valence-electron chi connectivity index (χ4n) is 2.87. The number of nitriles is 1. The maximum absolute atomic E-state index is 12.5. The first-order valence-electron chi connectivity index (χ1n) is 8.87. The molecule has 0 atom stereocenters. The molecule has 27 heavy (non-hydrogen) atoms. The van der Waals surface area contributed by atoms with Crippen molar-refractivity contribution in [3.8, 4) is 6.07 Å². The first kappa shape index (κ1) is 20.3. The standard InChI is InChI=1S/C19H25N5O3/c1-3-4-9-24-17(21)16(18(25)22-19(24)26)23(10-11-27-2)13-15-8-6-5-7-14(15)12-20/h5-8H,3-4,9-11,13,21H2,1-2H3,(H,22,25,26). The number of unbranched alkanes of at least 4 members (excludes halogenated alkanes) is 1. The molecule has 0 amide bonds. The van der Waals surface area contributed by atoms with Crippen molar-refractivity contribution in [2.75, 3.05) is 30.9 Å². The van der Waals surface area contributed by atoms with Crippen LogP contribution in [-0.2, 0) is 17.8 Å². The van der Waals surface area contributed by atoms with Crippen LogP contribution in [0.15, 0.2) is 33.9 Å². The number of H-pyrrole nitrogens is 1. The van der Waals surface area contributed by atoms with E-state index in [1.165, 1.54) is 4.57 Å². The lowest BCUT2D eigenvalue weighted by Gasteiger charge is -2.26. The largest absolute Gasteiger partial charge is 0.383 e. The quantitative estimate of drug-likeness (QED) is 0.689. The first-order valence-corrected chi connectivity index (χ1v) is 8.87. The normalized spacial score (nSPS) is 10.6. The van der Waals surface area contributed by atoms with Gasteiger partial charge in [0, 0.05) is 26.7 Å². The van der Waals surface area contributed by atoms with Crippen molar-refractivity contribution in [2.45, 2.75) is 32.9 Å². The lowest BCUT2D eigenvalue weighted by molar-refractivity contribution is 0.205. The number of nitrogens with one attached hydrogen (secondary N) is 1. The van der Waals surface area contributed by atoms with Crippen LogP contribution in [0.25, 0.3) is 0 Å². The molecular formula is C19H25N5O3. The highest BCUT2D eigenvalue weighted by atomic mass is 16.5. The Kier molecular flexibility index (Phi) is 7.20. The second-order valence-corrected chi connectivity index (χ2v) is 6.18. The molecule has 0 bridgehead atoms. The summed E-state index contributed by atoms with van der Waals surface area (Å²) in [5.41, 5.74) is 6.66. The zero-order valence-corrected chi connectivity index (χ0v) is 15.7. The van der Waals surface area contributed by atoms with E-state index in [0.717, 1.165) is 18.4 Å². The van der Waals surface area contributed by atoms with Gasteiger partial charge in [-0.2, -0.15) is 5.26 Å². The van der Waals surface area contributed by atoms with Gasteiger partial charge in [-0.1, -0.05) is 31.5 Å². The lowest BCUT2D eigenvalue weighted by Crippen LogP contribution is -2.39. The minimum absolute atomic E-state index is 0.128. The summed E-state index contributed by atoms with van der Waals surface area (Å²) in [6.07, 6.45) is 1.66. The van der Waals surface area contributed by atoms with Crippen molar-refractivity contribution in [3.63, 3.8) is 0 Å². The zero-order valence-electron chi connectivity index (χ0n) is 15.7. The number of hydrogen-bond donors (Lipinski definition) is 2. The maximum Gasteiger partial charge on any atom is 0.330 e. The Hall–Kier alpha value is -3.05. The van der Waals surface area contributed by atoms with E-state index in [1.807, 2.05) is 19.1 Å². The van der Waals surface area contributed by atoms with E-state index in [9.17, 15) is 14.9 Å². The molecule has 1 aromatic heterocycles. The van der Waals surface area contributed by atoms with Crippen LogP contribution in [0, 0.1) is 11.3 Å². The smallest absolute Gasteiger partial charge is 0.330 e. The van der Waals surface area contributed by atoms with E-state index in [-0.39, 0.29) is 11.5 Å². The molecule has 1 aromatic carbocycles. The van der Waals surface area contributed by atoms with E-state index >= 15 is 0 Å². The third-order valence-electron chi connectivity index (χ3n) is 4.33. The van der Waals surface area contributed by atoms with Crippen molar-refractivity contribution >= 4 is 11.5 Å². The van der Waals surface area contributed by atoms with Gasteiger partial charge >= 0.3 is 5.69 Å². The topological polar surface area (TPSA) is 117 Å². The number of aromatic amines is 1. The predicted octanol–water partition coefficient (Wildman–Crippen LogP) is 1.44. The highest BCUT2D eigenvalue weighted by molar-refractivity contribution is 5.63. The molecule has 2 aromatic rings. The summed E-state index contributed by atoms with van der Waals surface area (Å²) in [5, 5.41) is 9.33. The van der Waals surface area contributed by atoms with E-state index in [4.69, 9.17) is 10.5 Å². The molecule has 0 saturated carbocycles. The Labute approximate surface area is 157 Å². The Morgan fingerprint density at radius 1 is 1.33 bits per heavy atom. The number of hydrogen-bond acceptors (Lipinski definition) is 6. The molecule has 8 nitrogen and oxygen atoms in total. The van der Waals surface area contributed by atoms with E-state index in [1.54, 1.807) is 24.1 Å². The summed E-state index contributed by atoms with van der Waals surface area (Å²) in [7, 11) is 1.57. The molecular weight excluding hydrogens is 346 g/mol. The second kappa shape index (κ2) is 9.59. The third-order valence-corrected chi connectivity index (χ3v) is 4.33. The molecule has 3 N–H and O–H groups in total. The van der Waals surface area contributed by atoms with Gasteiger partial charge in [-0.15, -0.1) is 0 Å². The zero-order chi connectivity index (χ0) is 19.8. The minimum atomic E-state index is -0.546. The number of ether oxygens (including phenoxy) is 1. The van der Waals surface area contributed by atoms with Gasteiger partial charge in [0.1, 0.15) is 11.5 Å². The molecule has 0 radical (unpaired) electrons. The molecule has 0 aliphatic rings. The van der Waals surface area contributed by atoms with Crippen molar-refractivity contribution in [2.24, 2.45) is 0 Å². The fourth-order valence-corrected chi connectivity index (χ4v) is 2.87. The summed E-state index contributed by atoms with van der Waals surface area (Å²) < 4.78 is 6.54. The van der Waals surface area contributed by atoms with Gasteiger partial charge in [0.15, 0.2) is 0 Å². The first-order chi connectivity index (χ1) is 13.0. The molecule has 2 rings (SSSR count). The van der Waals surface area contributed by atoms with Crippen LogP contribution in [0.5, 0.6) is 0 Å². The van der Waals surface area contributed by atoms with E-state index < -0.39 is 11.2 Å². The van der Waals surface area contributed by atoms with Crippen molar-refractivity contribution in [1.29, 1.82) is 5.26 Å². The molecule has 0 spiro atoms. The number of methoxy groups -OCH3 is 1. The molecule has 144 valence electrons. The maximum atomic E-state index is 12.5. The number of nitrogens with two attached hydrogens (primary N) is 1. The van der Waals surface area contributed by atoms with E-state index in [2.05, 4.69) is 11.1 Å². The molecule has 0 unspecified atom stereocenters. The van der Waals surface area contributed by atoms with Crippen LogP contribution in [0.3, 0.4) is 0 Å². The molecule has 0 fully saturated rings. The summed E-state index contributed by atoms with van der Waals surface area (Å²) >= 11 is 0. The van der Waals surface area contributed by atoms with Gasteiger partial charge in [-0.25, -0.2) is 4.79 Å². The monoisotopic (exact) mass is 371 g/mol. The van der Waals surface area contributed by atoms with Crippen LogP contribution in [0.2, 0.25) is 0 Å². The van der Waals surface area contributed by atoms with Gasteiger partial charge in [-0.05, 0) is 18.1 Å². The predicted molar refractivity (Wildman–Crippen MR) is 105 cm³/mol. The second-order valence-electron chi connectivity index (χ2n) is 6.18. The van der Waals surface area contributed by atoms with Crippen LogP contribution in [0.4, 0.5) is 11.5 Å². The number of nitrogen functional groups attached to an aromatic ring is 1. The van der Waals surface area contributed by atoms with Crippen LogP contribution >= 0.6 is 0 Å². The molecule has 1 heterocycles. The Bertz CT molecular complexity index is 926. The minimum Gasteiger partial charge on any atom is -0.383 e. The number of benzene rings is 1. The van der Waals surface area contributed by atoms with Gasteiger partial charge in [0.2, 0.25) is 0 Å². The van der Waals surface area contributed by atoms with Crippen molar-refractivity contribution < 1.29 is 4.74 Å². The Morgan fingerprint density at radius 2 is 2.07 bits per heavy atom. The van der Waals surface area contributed by atoms with Crippen LogP contribution < -0.4 is 21.9 Å². The molecule has 0 aliphatic heterocycles. The van der Waals surface area contributed by atoms with Crippen LogP contribution in [0.1, 0.15) is 30.9 Å². The van der Waals surface area contributed by atoms with Crippen molar-refractivity contribution in [1.82, 2.24) is 9.55 Å². The van der Waals surface area contributed by atoms with Crippen LogP contribution in [-0.4, -0.2) is 29.8 Å². The number of rotatable bonds is 9. The average Bonchev–Trinajstić information content (AvgIpc) is 2.65. The summed E-state index contributed by atoms with van der Waals surface area (Å²) in [5.74, 6) is 0.128. The number of nitrogens with zero attached hydrogens (tertiary/aromatic N) is 3. The van der Waals surface area contributed by atoms with Gasteiger partial charge in [0.05, 0.1) is 18.2 Å². The summed E-state index contributed by atoms with van der Waals surface area (Å²) in [6.45, 7) is 3.49. The molecule has 0 aliphatic carbocycles. The van der Waals surface area contributed by atoms with Gasteiger partial charge in [-0.3, -0.25) is 14.3 Å².